The molecule has 1 saturated heterocycles. The van der Waals surface area contributed by atoms with Crippen LogP contribution in [0.15, 0.2) is 28.2 Å². The van der Waals surface area contributed by atoms with E-state index in [1.165, 1.54) is 22.5 Å². The van der Waals surface area contributed by atoms with E-state index in [0.717, 1.165) is 4.88 Å². The minimum absolute atomic E-state index is 0.0606. The molecule has 0 radical (unpaired) electrons. The van der Waals surface area contributed by atoms with E-state index in [9.17, 15) is 9.59 Å². The smallest absolute Gasteiger partial charge is 0.325 e. The zero-order valence-electron chi connectivity index (χ0n) is 11.7. The number of amides is 3. The van der Waals surface area contributed by atoms with Gasteiger partial charge in [-0.2, -0.15) is 0 Å². The van der Waals surface area contributed by atoms with E-state index in [1.54, 1.807) is 0 Å². The second-order valence-electron chi connectivity index (χ2n) is 5.22. The molecular weight excluding hydrogens is 290 g/mol. The second kappa shape index (κ2) is 5.33. The molecule has 1 atom stereocenters. The lowest BCUT2D eigenvalue weighted by atomic mass is 10.1. The van der Waals surface area contributed by atoms with Crippen LogP contribution in [0.2, 0.25) is 0 Å². The maximum atomic E-state index is 12.2. The Bertz CT molecular complexity index is 663. The van der Waals surface area contributed by atoms with E-state index >= 15 is 0 Å². The zero-order chi connectivity index (χ0) is 15.0. The Labute approximate surface area is 125 Å². The summed E-state index contributed by atoms with van der Waals surface area (Å²) in [6.07, 6.45) is 1.48. The lowest BCUT2D eigenvalue weighted by Gasteiger charge is -2.12. The molecule has 110 valence electrons. The molecule has 2 aromatic heterocycles. The first kappa shape index (κ1) is 13.8. The summed E-state index contributed by atoms with van der Waals surface area (Å²) in [6, 6.07) is 2.98. The number of carbonyl (C=O) groups is 2. The Morgan fingerprint density at radius 1 is 1.48 bits per heavy atom. The van der Waals surface area contributed by atoms with Gasteiger partial charge in [-0.1, -0.05) is 19.9 Å². The summed E-state index contributed by atoms with van der Waals surface area (Å²) in [4.78, 5) is 30.5. The molecule has 2 aromatic rings. The number of aromatic nitrogens is 1. The average Bonchev–Trinajstić information content (AvgIpc) is 3.14. The van der Waals surface area contributed by atoms with Crippen LogP contribution < -0.4 is 5.32 Å². The van der Waals surface area contributed by atoms with Crippen molar-refractivity contribution in [2.75, 3.05) is 0 Å². The molecule has 7 heteroatoms. The topological polar surface area (TPSA) is 75.4 Å². The van der Waals surface area contributed by atoms with Gasteiger partial charge in [-0.25, -0.2) is 9.78 Å². The molecule has 3 amide bonds. The van der Waals surface area contributed by atoms with Crippen molar-refractivity contribution >= 4 is 23.3 Å². The number of hydrogen-bond acceptors (Lipinski definition) is 5. The minimum Gasteiger partial charge on any atom is -0.443 e. The number of thiophene rings is 1. The molecule has 3 rings (SSSR count). The van der Waals surface area contributed by atoms with E-state index in [0.29, 0.717) is 11.6 Å². The van der Waals surface area contributed by atoms with Gasteiger partial charge in [0.1, 0.15) is 12.3 Å². The third-order valence-corrected chi connectivity index (χ3v) is 4.18. The van der Waals surface area contributed by atoms with Gasteiger partial charge in [0.2, 0.25) is 5.89 Å². The fourth-order valence-electron chi connectivity index (χ4n) is 2.20. The molecule has 0 saturated carbocycles. The fraction of sp³-hybridized carbons (Fsp3) is 0.357. The fourth-order valence-corrected chi connectivity index (χ4v) is 2.85. The van der Waals surface area contributed by atoms with Gasteiger partial charge in [-0.05, 0) is 17.4 Å². The molecule has 0 spiro atoms. The van der Waals surface area contributed by atoms with Crippen LogP contribution in [0.5, 0.6) is 0 Å². The molecule has 3 heterocycles. The van der Waals surface area contributed by atoms with Gasteiger partial charge >= 0.3 is 6.03 Å². The summed E-state index contributed by atoms with van der Waals surface area (Å²) in [7, 11) is 0. The number of rotatable bonds is 4. The Hall–Kier alpha value is -2.15. The molecule has 21 heavy (non-hydrogen) atoms. The molecule has 6 nitrogen and oxygen atoms in total. The van der Waals surface area contributed by atoms with Crippen molar-refractivity contribution in [1.82, 2.24) is 15.2 Å². The third kappa shape index (κ3) is 2.56. The van der Waals surface area contributed by atoms with E-state index in [2.05, 4.69) is 10.3 Å². The number of urea groups is 1. The third-order valence-electron chi connectivity index (χ3n) is 3.33. The van der Waals surface area contributed by atoms with Crippen molar-refractivity contribution in [2.24, 2.45) is 5.92 Å². The van der Waals surface area contributed by atoms with Gasteiger partial charge in [-0.15, -0.1) is 11.3 Å². The lowest BCUT2D eigenvalue weighted by molar-refractivity contribution is -0.128. The largest absolute Gasteiger partial charge is 0.443 e. The van der Waals surface area contributed by atoms with Crippen LogP contribution in [0, 0.1) is 5.92 Å². The first-order valence-electron chi connectivity index (χ1n) is 6.66. The number of nitrogens with one attached hydrogen (secondary N) is 1. The number of carbonyl (C=O) groups excluding carboxylic acids is 2. The van der Waals surface area contributed by atoms with Crippen LogP contribution in [-0.2, 0) is 11.3 Å². The highest BCUT2D eigenvalue weighted by molar-refractivity contribution is 7.13. The highest BCUT2D eigenvalue weighted by Crippen LogP contribution is 2.24. The van der Waals surface area contributed by atoms with E-state index < -0.39 is 6.04 Å². The van der Waals surface area contributed by atoms with Gasteiger partial charge in [0.25, 0.3) is 5.91 Å². The van der Waals surface area contributed by atoms with Crippen LogP contribution in [-0.4, -0.2) is 27.9 Å². The predicted molar refractivity (Wildman–Crippen MR) is 77.5 cm³/mol. The van der Waals surface area contributed by atoms with Crippen molar-refractivity contribution in [3.63, 3.8) is 0 Å². The van der Waals surface area contributed by atoms with Gasteiger partial charge in [-0.3, -0.25) is 9.69 Å². The van der Waals surface area contributed by atoms with Crippen LogP contribution in [0.25, 0.3) is 10.8 Å². The Morgan fingerprint density at radius 3 is 2.90 bits per heavy atom. The summed E-state index contributed by atoms with van der Waals surface area (Å²) < 4.78 is 5.39. The number of oxazole rings is 1. The lowest BCUT2D eigenvalue weighted by Crippen LogP contribution is -2.34. The Morgan fingerprint density at radius 2 is 2.29 bits per heavy atom. The number of hydrogen-bond donors (Lipinski definition) is 1. The standard InChI is InChI=1S/C14H15N3O3S/c1-8(2)11-13(18)17(14(19)16-11)6-9-7-20-12(15-9)10-4-3-5-21-10/h3-5,7-8,11H,6H2,1-2H3,(H,16,19). The summed E-state index contributed by atoms with van der Waals surface area (Å²) >= 11 is 1.52. The van der Waals surface area contributed by atoms with E-state index in [1.807, 2.05) is 31.4 Å². The number of imide groups is 1. The highest BCUT2D eigenvalue weighted by atomic mass is 32.1. The minimum atomic E-state index is -0.457. The number of nitrogens with zero attached hydrogens (tertiary/aromatic N) is 2. The Kier molecular flexibility index (Phi) is 3.50. The quantitative estimate of drug-likeness (QED) is 0.881. The van der Waals surface area contributed by atoms with Gasteiger partial charge in [0.05, 0.1) is 17.1 Å². The maximum Gasteiger partial charge on any atom is 0.325 e. The van der Waals surface area contributed by atoms with E-state index in [-0.39, 0.29) is 24.4 Å². The van der Waals surface area contributed by atoms with Crippen molar-refractivity contribution in [2.45, 2.75) is 26.4 Å². The second-order valence-corrected chi connectivity index (χ2v) is 6.16. The van der Waals surface area contributed by atoms with Crippen LogP contribution in [0.1, 0.15) is 19.5 Å². The molecule has 0 bridgehead atoms. The molecule has 1 fully saturated rings. The van der Waals surface area contributed by atoms with E-state index in [4.69, 9.17) is 4.42 Å². The van der Waals surface area contributed by atoms with Crippen LogP contribution >= 0.6 is 11.3 Å². The Balaban J connectivity index is 1.75. The SMILES string of the molecule is CC(C)C1NC(=O)N(Cc2coc(-c3cccs3)n2)C1=O. The first-order chi connectivity index (χ1) is 10.1. The molecule has 0 aromatic carbocycles. The van der Waals surface area contributed by atoms with Crippen LogP contribution in [0.4, 0.5) is 4.79 Å². The first-order valence-corrected chi connectivity index (χ1v) is 7.54. The van der Waals surface area contributed by atoms with Crippen molar-refractivity contribution in [3.8, 4) is 10.8 Å². The summed E-state index contributed by atoms with van der Waals surface area (Å²) in [5, 5.41) is 4.62. The predicted octanol–water partition coefficient (Wildman–Crippen LogP) is 2.48. The van der Waals surface area contributed by atoms with Crippen molar-refractivity contribution in [3.05, 3.63) is 29.5 Å². The maximum absolute atomic E-state index is 12.2. The van der Waals surface area contributed by atoms with Gasteiger partial charge in [0, 0.05) is 0 Å². The molecule has 1 unspecified atom stereocenters. The molecule has 1 aliphatic rings. The van der Waals surface area contributed by atoms with Crippen molar-refractivity contribution in [1.29, 1.82) is 0 Å². The van der Waals surface area contributed by atoms with Crippen molar-refractivity contribution < 1.29 is 14.0 Å². The monoisotopic (exact) mass is 305 g/mol. The summed E-state index contributed by atoms with van der Waals surface area (Å²) in [5.41, 5.74) is 0.561. The van der Waals surface area contributed by atoms with Gasteiger partial charge in [0.15, 0.2) is 0 Å². The van der Waals surface area contributed by atoms with Gasteiger partial charge < -0.3 is 9.73 Å². The van der Waals surface area contributed by atoms with Crippen LogP contribution in [0.3, 0.4) is 0 Å². The summed E-state index contributed by atoms with van der Waals surface area (Å²) in [6.45, 7) is 3.93. The molecular formula is C14H15N3O3S. The highest BCUT2D eigenvalue weighted by Gasteiger charge is 2.39. The molecule has 1 aliphatic heterocycles. The zero-order valence-corrected chi connectivity index (χ0v) is 12.5. The normalized spacial score (nSPS) is 18.6. The average molecular weight is 305 g/mol. The summed E-state index contributed by atoms with van der Waals surface area (Å²) in [5.74, 6) is 0.355. The molecule has 0 aliphatic carbocycles. The molecule has 1 N–H and O–H groups in total.